The van der Waals surface area contributed by atoms with Gasteiger partial charge in [-0.2, -0.15) is 0 Å². The number of hydrogen-bond donors (Lipinski definition) is 0. The van der Waals surface area contributed by atoms with E-state index in [1.807, 2.05) is 6.08 Å². The standard InChI is InChI=1S/C19H28/c1-7-8-18-12-17(6)19(13-16(18)5)10-9-15(4)11-14(2)3/h7,9,12-14H,1,8,10-11H2,2-6H3/b15-9-. The summed E-state index contributed by atoms with van der Waals surface area (Å²) in [5.74, 6) is 0.744. The third kappa shape index (κ3) is 5.06. The molecular weight excluding hydrogens is 228 g/mol. The molecule has 0 saturated carbocycles. The summed E-state index contributed by atoms with van der Waals surface area (Å²) in [6.45, 7) is 15.0. The van der Waals surface area contributed by atoms with E-state index >= 15 is 0 Å². The fourth-order valence-corrected chi connectivity index (χ4v) is 2.54. The molecule has 1 aromatic carbocycles. The first-order valence-electron chi connectivity index (χ1n) is 7.29. The van der Waals surface area contributed by atoms with Crippen LogP contribution in [0.3, 0.4) is 0 Å². The Hall–Kier alpha value is -1.30. The molecule has 0 aliphatic rings. The minimum Gasteiger partial charge on any atom is -0.103 e. The number of aryl methyl sites for hydroxylation is 2. The molecule has 19 heavy (non-hydrogen) atoms. The Labute approximate surface area is 119 Å². The van der Waals surface area contributed by atoms with E-state index in [9.17, 15) is 0 Å². The zero-order valence-electron chi connectivity index (χ0n) is 13.2. The van der Waals surface area contributed by atoms with E-state index < -0.39 is 0 Å². The lowest BCUT2D eigenvalue weighted by molar-refractivity contribution is 0.641. The Morgan fingerprint density at radius 2 is 1.63 bits per heavy atom. The van der Waals surface area contributed by atoms with Crippen molar-refractivity contribution in [2.24, 2.45) is 5.92 Å². The van der Waals surface area contributed by atoms with E-state index in [1.165, 1.54) is 34.2 Å². The predicted octanol–water partition coefficient (Wildman–Crippen LogP) is 5.57. The third-order valence-corrected chi connectivity index (χ3v) is 3.56. The first-order chi connectivity index (χ1) is 8.93. The third-order valence-electron chi connectivity index (χ3n) is 3.56. The fraction of sp³-hybridized carbons (Fsp3) is 0.474. The van der Waals surface area contributed by atoms with Gasteiger partial charge in [-0.05, 0) is 68.2 Å². The van der Waals surface area contributed by atoms with Crippen LogP contribution in [0, 0.1) is 19.8 Å². The monoisotopic (exact) mass is 256 g/mol. The van der Waals surface area contributed by atoms with Gasteiger partial charge in [0.25, 0.3) is 0 Å². The van der Waals surface area contributed by atoms with E-state index in [0.717, 1.165) is 18.8 Å². The molecule has 0 heterocycles. The second kappa shape index (κ2) is 7.33. The van der Waals surface area contributed by atoms with Gasteiger partial charge in [0.1, 0.15) is 0 Å². The highest BCUT2D eigenvalue weighted by Crippen LogP contribution is 2.19. The average molecular weight is 256 g/mol. The number of allylic oxidation sites excluding steroid dienone is 3. The van der Waals surface area contributed by atoms with Crippen molar-refractivity contribution in [1.82, 2.24) is 0 Å². The molecule has 0 aromatic heterocycles. The molecule has 0 nitrogen and oxygen atoms in total. The smallest absolute Gasteiger partial charge is 0.00921 e. The van der Waals surface area contributed by atoms with E-state index in [2.05, 4.69) is 59.4 Å². The van der Waals surface area contributed by atoms with Gasteiger partial charge in [-0.25, -0.2) is 0 Å². The Balaban J connectivity index is 2.85. The van der Waals surface area contributed by atoms with Crippen molar-refractivity contribution >= 4 is 0 Å². The average Bonchev–Trinajstić information content (AvgIpc) is 2.31. The second-order valence-electron chi connectivity index (χ2n) is 6.05. The molecule has 0 unspecified atom stereocenters. The molecule has 0 heteroatoms. The van der Waals surface area contributed by atoms with E-state index in [1.54, 1.807) is 0 Å². The van der Waals surface area contributed by atoms with Gasteiger partial charge in [-0.3, -0.25) is 0 Å². The van der Waals surface area contributed by atoms with Crippen molar-refractivity contribution in [2.75, 3.05) is 0 Å². The minimum atomic E-state index is 0.744. The summed E-state index contributed by atoms with van der Waals surface area (Å²) < 4.78 is 0. The molecule has 0 atom stereocenters. The topological polar surface area (TPSA) is 0 Å². The lowest BCUT2D eigenvalue weighted by Crippen LogP contribution is -1.96. The van der Waals surface area contributed by atoms with Crippen LogP contribution < -0.4 is 0 Å². The number of hydrogen-bond acceptors (Lipinski definition) is 0. The van der Waals surface area contributed by atoms with Crippen LogP contribution in [0.15, 0.2) is 36.4 Å². The van der Waals surface area contributed by atoms with Crippen LogP contribution in [-0.4, -0.2) is 0 Å². The fourth-order valence-electron chi connectivity index (χ4n) is 2.54. The molecule has 0 N–H and O–H groups in total. The molecule has 0 amide bonds. The van der Waals surface area contributed by atoms with Crippen molar-refractivity contribution < 1.29 is 0 Å². The van der Waals surface area contributed by atoms with Gasteiger partial charge in [-0.1, -0.05) is 43.7 Å². The first-order valence-corrected chi connectivity index (χ1v) is 7.29. The maximum atomic E-state index is 3.83. The molecule has 0 saturated heterocycles. The molecule has 0 aliphatic carbocycles. The molecular formula is C19H28. The van der Waals surface area contributed by atoms with Gasteiger partial charge in [0.2, 0.25) is 0 Å². The molecule has 0 spiro atoms. The van der Waals surface area contributed by atoms with Gasteiger partial charge < -0.3 is 0 Å². The van der Waals surface area contributed by atoms with Crippen LogP contribution in [0.25, 0.3) is 0 Å². The summed E-state index contributed by atoms with van der Waals surface area (Å²) in [6.07, 6.45) is 7.59. The van der Waals surface area contributed by atoms with E-state index in [0.29, 0.717) is 0 Å². The molecule has 0 radical (unpaired) electrons. The molecule has 0 bridgehead atoms. The van der Waals surface area contributed by atoms with E-state index in [4.69, 9.17) is 0 Å². The molecule has 0 aliphatic heterocycles. The zero-order chi connectivity index (χ0) is 14.4. The second-order valence-corrected chi connectivity index (χ2v) is 6.05. The van der Waals surface area contributed by atoms with Crippen LogP contribution in [0.2, 0.25) is 0 Å². The Morgan fingerprint density at radius 1 is 1.11 bits per heavy atom. The minimum absolute atomic E-state index is 0.744. The highest BCUT2D eigenvalue weighted by molar-refractivity contribution is 5.39. The summed E-state index contributed by atoms with van der Waals surface area (Å²) in [5, 5.41) is 0. The lowest BCUT2D eigenvalue weighted by atomic mass is 9.95. The Kier molecular flexibility index (Phi) is 6.08. The van der Waals surface area contributed by atoms with Crippen molar-refractivity contribution in [3.8, 4) is 0 Å². The Bertz CT molecular complexity index is 461. The van der Waals surface area contributed by atoms with Crippen molar-refractivity contribution in [3.05, 3.63) is 58.7 Å². The van der Waals surface area contributed by atoms with Gasteiger partial charge in [0, 0.05) is 0 Å². The quantitative estimate of drug-likeness (QED) is 0.584. The summed E-state index contributed by atoms with van der Waals surface area (Å²) in [5.41, 5.74) is 7.14. The lowest BCUT2D eigenvalue weighted by Gasteiger charge is -2.11. The Morgan fingerprint density at radius 3 is 2.11 bits per heavy atom. The maximum Gasteiger partial charge on any atom is -0.00921 e. The first kappa shape index (κ1) is 15.8. The van der Waals surface area contributed by atoms with Gasteiger partial charge in [0.15, 0.2) is 0 Å². The molecule has 1 aromatic rings. The highest BCUT2D eigenvalue weighted by atomic mass is 14.1. The van der Waals surface area contributed by atoms with Crippen LogP contribution in [-0.2, 0) is 12.8 Å². The number of benzene rings is 1. The molecule has 1 rings (SSSR count). The maximum absolute atomic E-state index is 3.83. The van der Waals surface area contributed by atoms with E-state index in [-0.39, 0.29) is 0 Å². The predicted molar refractivity (Wildman–Crippen MR) is 86.7 cm³/mol. The van der Waals surface area contributed by atoms with Crippen molar-refractivity contribution in [1.29, 1.82) is 0 Å². The van der Waals surface area contributed by atoms with Crippen LogP contribution >= 0.6 is 0 Å². The summed E-state index contributed by atoms with van der Waals surface area (Å²) in [7, 11) is 0. The normalized spacial score (nSPS) is 12.0. The van der Waals surface area contributed by atoms with Gasteiger partial charge >= 0.3 is 0 Å². The summed E-state index contributed by atoms with van der Waals surface area (Å²) >= 11 is 0. The molecule has 0 fully saturated rings. The number of rotatable bonds is 6. The van der Waals surface area contributed by atoms with Crippen LogP contribution in [0.5, 0.6) is 0 Å². The summed E-state index contributed by atoms with van der Waals surface area (Å²) in [6, 6.07) is 4.66. The highest BCUT2D eigenvalue weighted by Gasteiger charge is 2.03. The van der Waals surface area contributed by atoms with Crippen molar-refractivity contribution in [3.63, 3.8) is 0 Å². The van der Waals surface area contributed by atoms with Crippen molar-refractivity contribution in [2.45, 2.75) is 53.9 Å². The summed E-state index contributed by atoms with van der Waals surface area (Å²) in [4.78, 5) is 0. The SMILES string of the molecule is C=CCc1cc(C)c(C/C=C(/C)CC(C)C)cc1C. The van der Waals surface area contributed by atoms with Gasteiger partial charge in [0.05, 0.1) is 0 Å². The largest absolute Gasteiger partial charge is 0.103 e. The van der Waals surface area contributed by atoms with Crippen LogP contribution in [0.1, 0.15) is 49.4 Å². The van der Waals surface area contributed by atoms with Crippen LogP contribution in [0.4, 0.5) is 0 Å². The molecule has 104 valence electrons. The zero-order valence-corrected chi connectivity index (χ0v) is 13.2. The van der Waals surface area contributed by atoms with Gasteiger partial charge in [-0.15, -0.1) is 6.58 Å².